The Bertz CT molecular complexity index is 728. The summed E-state index contributed by atoms with van der Waals surface area (Å²) in [5.74, 6) is -0.964. The number of ether oxygens (including phenoxy) is 2. The van der Waals surface area contributed by atoms with Crippen LogP contribution in [0.2, 0.25) is 0 Å². The van der Waals surface area contributed by atoms with Crippen LogP contribution in [-0.2, 0) is 20.1 Å². The van der Waals surface area contributed by atoms with Crippen molar-refractivity contribution in [2.24, 2.45) is 0 Å². The van der Waals surface area contributed by atoms with Crippen LogP contribution in [-0.4, -0.2) is 42.0 Å². The molecule has 0 aromatic heterocycles. The Labute approximate surface area is 165 Å². The quantitative estimate of drug-likeness (QED) is 0.749. The second kappa shape index (κ2) is 8.01. The smallest absolute Gasteiger partial charge is 0.237 e. The lowest BCUT2D eigenvalue weighted by Gasteiger charge is -2.39. The van der Waals surface area contributed by atoms with Gasteiger partial charge >= 0.3 is 0 Å². The molecule has 142 valence electrons. The molecule has 2 aliphatic rings. The van der Waals surface area contributed by atoms with Crippen LogP contribution in [0, 0.1) is 0 Å². The summed E-state index contributed by atoms with van der Waals surface area (Å²) in [6, 6.07) is 20.0. The number of rotatable bonds is 4. The molecule has 2 heterocycles. The number of halogens is 1. The zero-order valence-electron chi connectivity index (χ0n) is 15.2. The van der Waals surface area contributed by atoms with Gasteiger partial charge in [0.1, 0.15) is 12.0 Å². The Morgan fingerprint density at radius 3 is 2.26 bits per heavy atom. The van der Waals surface area contributed by atoms with E-state index in [2.05, 4.69) is 0 Å². The van der Waals surface area contributed by atoms with E-state index in [1.54, 1.807) is 0 Å². The molecule has 1 amide bonds. The van der Waals surface area contributed by atoms with E-state index in [0.717, 1.165) is 36.9 Å². The molecule has 0 N–H and O–H groups in total. The third-order valence-corrected chi connectivity index (χ3v) is 5.72. The predicted octanol–water partition coefficient (Wildman–Crippen LogP) is 3.92. The first kappa shape index (κ1) is 18.5. The number of hydrogen-bond acceptors (Lipinski definition) is 3. The average molecular weight is 386 g/mol. The minimum absolute atomic E-state index is 0.000649. The summed E-state index contributed by atoms with van der Waals surface area (Å²) in [5.41, 5.74) is 1.93. The highest BCUT2D eigenvalue weighted by atomic mass is 35.5. The number of nitrogens with zero attached hydrogens (tertiary/aromatic N) is 1. The molecule has 0 saturated carbocycles. The fraction of sp³-hybridized carbons (Fsp3) is 0.409. The van der Waals surface area contributed by atoms with E-state index in [0.29, 0.717) is 6.61 Å². The number of carbonyl (C=O) groups excluding carboxylic acids is 1. The molecule has 0 aliphatic carbocycles. The first-order valence-electron chi connectivity index (χ1n) is 9.53. The van der Waals surface area contributed by atoms with Crippen LogP contribution in [0.4, 0.5) is 0 Å². The number of benzene rings is 2. The second-order valence-electron chi connectivity index (χ2n) is 7.10. The van der Waals surface area contributed by atoms with Crippen LogP contribution < -0.4 is 0 Å². The van der Waals surface area contributed by atoms with E-state index in [9.17, 15) is 4.79 Å². The summed E-state index contributed by atoms with van der Waals surface area (Å²) in [5, 5.41) is 0. The van der Waals surface area contributed by atoms with Crippen molar-refractivity contribution in [2.45, 2.75) is 37.2 Å². The Hall–Kier alpha value is -1.88. The number of alkyl halides is 1. The number of piperidine rings is 1. The Morgan fingerprint density at radius 1 is 1.04 bits per heavy atom. The molecule has 5 heteroatoms. The van der Waals surface area contributed by atoms with Crippen molar-refractivity contribution in [3.8, 4) is 0 Å². The minimum Gasteiger partial charge on any atom is -0.339 e. The molecular formula is C22H24ClNO3. The molecule has 2 aliphatic heterocycles. The van der Waals surface area contributed by atoms with Crippen LogP contribution in [0.1, 0.15) is 30.4 Å². The third-order valence-electron chi connectivity index (χ3n) is 5.49. The van der Waals surface area contributed by atoms with Crippen molar-refractivity contribution in [3.63, 3.8) is 0 Å². The van der Waals surface area contributed by atoms with Gasteiger partial charge in [-0.25, -0.2) is 0 Å². The van der Waals surface area contributed by atoms with Gasteiger partial charge in [-0.05, 0) is 19.3 Å². The average Bonchev–Trinajstić information content (AvgIpc) is 3.21. The van der Waals surface area contributed by atoms with Gasteiger partial charge in [-0.1, -0.05) is 60.7 Å². The highest BCUT2D eigenvalue weighted by Crippen LogP contribution is 2.42. The van der Waals surface area contributed by atoms with Crippen molar-refractivity contribution in [1.29, 1.82) is 0 Å². The van der Waals surface area contributed by atoms with Gasteiger partial charge < -0.3 is 14.4 Å². The maximum atomic E-state index is 12.3. The first-order chi connectivity index (χ1) is 13.2. The van der Waals surface area contributed by atoms with E-state index >= 15 is 0 Å². The van der Waals surface area contributed by atoms with Crippen LogP contribution in [0.15, 0.2) is 60.7 Å². The highest BCUT2D eigenvalue weighted by Gasteiger charge is 2.48. The summed E-state index contributed by atoms with van der Waals surface area (Å²) in [4.78, 5) is 14.2. The third kappa shape index (κ3) is 3.49. The molecule has 4 rings (SSSR count). The summed E-state index contributed by atoms with van der Waals surface area (Å²) in [6.45, 7) is 1.18. The van der Waals surface area contributed by atoms with E-state index in [4.69, 9.17) is 21.1 Å². The molecular weight excluding hydrogens is 362 g/mol. The lowest BCUT2D eigenvalue weighted by molar-refractivity contribution is -0.157. The molecule has 27 heavy (non-hydrogen) atoms. The molecule has 0 bridgehead atoms. The van der Waals surface area contributed by atoms with Crippen LogP contribution in [0.25, 0.3) is 0 Å². The van der Waals surface area contributed by atoms with Crippen LogP contribution >= 0.6 is 11.6 Å². The number of amides is 1. The largest absolute Gasteiger partial charge is 0.339 e. The van der Waals surface area contributed by atoms with Crippen molar-refractivity contribution in [3.05, 3.63) is 71.8 Å². The zero-order valence-corrected chi connectivity index (χ0v) is 16.0. The van der Waals surface area contributed by atoms with Gasteiger partial charge in [-0.15, -0.1) is 11.6 Å². The Kier molecular flexibility index (Phi) is 5.48. The standard InChI is InChI=1S/C22H24ClNO3/c23-15-21(25)24-14-8-7-13-19(24)20-16-26-22(27-20,17-9-3-1-4-10-17)18-11-5-2-6-12-18/h1-6,9-12,19-20H,7-8,13-16H2/t19?,20-/m0/s1. The summed E-state index contributed by atoms with van der Waals surface area (Å²) in [6.07, 6.45) is 2.82. The number of likely N-dealkylation sites (tertiary alicyclic amines) is 1. The summed E-state index contributed by atoms with van der Waals surface area (Å²) >= 11 is 5.84. The van der Waals surface area contributed by atoms with Gasteiger partial charge in [-0.2, -0.15) is 0 Å². The molecule has 0 spiro atoms. The van der Waals surface area contributed by atoms with Gasteiger partial charge in [0.05, 0.1) is 12.6 Å². The predicted molar refractivity (Wildman–Crippen MR) is 105 cm³/mol. The van der Waals surface area contributed by atoms with Crippen molar-refractivity contribution >= 4 is 17.5 Å². The normalized spacial score (nSPS) is 24.7. The zero-order chi connectivity index (χ0) is 18.7. The SMILES string of the molecule is O=C(CCl)N1CCCCC1[C@@H]1COC(c2ccccc2)(c2ccccc2)O1. The van der Waals surface area contributed by atoms with E-state index in [1.165, 1.54) is 0 Å². The molecule has 4 nitrogen and oxygen atoms in total. The summed E-state index contributed by atoms with van der Waals surface area (Å²) < 4.78 is 13.0. The number of hydrogen-bond donors (Lipinski definition) is 0. The Morgan fingerprint density at radius 2 is 1.67 bits per heavy atom. The molecule has 2 aromatic carbocycles. The van der Waals surface area contributed by atoms with Crippen molar-refractivity contribution in [1.82, 2.24) is 4.90 Å². The van der Waals surface area contributed by atoms with E-state index < -0.39 is 5.79 Å². The molecule has 0 radical (unpaired) electrons. The van der Waals surface area contributed by atoms with Crippen LogP contribution in [0.3, 0.4) is 0 Å². The molecule has 2 saturated heterocycles. The van der Waals surface area contributed by atoms with Gasteiger partial charge in [0, 0.05) is 17.7 Å². The highest BCUT2D eigenvalue weighted by molar-refractivity contribution is 6.27. The topological polar surface area (TPSA) is 38.8 Å². The van der Waals surface area contributed by atoms with Gasteiger partial charge in [-0.3, -0.25) is 4.79 Å². The van der Waals surface area contributed by atoms with Crippen molar-refractivity contribution in [2.75, 3.05) is 19.0 Å². The number of carbonyl (C=O) groups is 1. The van der Waals surface area contributed by atoms with E-state index in [1.807, 2.05) is 65.6 Å². The molecule has 2 fully saturated rings. The van der Waals surface area contributed by atoms with Gasteiger partial charge in [0.25, 0.3) is 0 Å². The van der Waals surface area contributed by atoms with E-state index in [-0.39, 0.29) is 23.9 Å². The molecule has 2 aromatic rings. The Balaban J connectivity index is 1.67. The van der Waals surface area contributed by atoms with Gasteiger partial charge in [0.2, 0.25) is 11.7 Å². The summed E-state index contributed by atoms with van der Waals surface area (Å²) in [7, 11) is 0. The maximum absolute atomic E-state index is 12.3. The fourth-order valence-corrected chi connectivity index (χ4v) is 4.34. The van der Waals surface area contributed by atoms with Crippen LogP contribution in [0.5, 0.6) is 0 Å². The maximum Gasteiger partial charge on any atom is 0.237 e. The second-order valence-corrected chi connectivity index (χ2v) is 7.37. The minimum atomic E-state index is -0.944. The molecule has 2 atom stereocenters. The monoisotopic (exact) mass is 385 g/mol. The van der Waals surface area contributed by atoms with Gasteiger partial charge in [0.15, 0.2) is 0 Å². The first-order valence-corrected chi connectivity index (χ1v) is 10.1. The lowest BCUT2D eigenvalue weighted by Crippen LogP contribution is -2.51. The fourth-order valence-electron chi connectivity index (χ4n) is 4.19. The van der Waals surface area contributed by atoms with Crippen molar-refractivity contribution < 1.29 is 14.3 Å². The lowest BCUT2D eigenvalue weighted by atomic mass is 9.96. The molecule has 1 unspecified atom stereocenters.